The molecule has 0 atom stereocenters. The Labute approximate surface area is 212 Å². The Kier molecular flexibility index (Phi) is 7.29. The van der Waals surface area contributed by atoms with E-state index < -0.39 is 7.49 Å². The van der Waals surface area contributed by atoms with Crippen molar-refractivity contribution in [1.29, 1.82) is 5.26 Å². The van der Waals surface area contributed by atoms with Crippen LogP contribution in [0.2, 0.25) is 0 Å². The summed E-state index contributed by atoms with van der Waals surface area (Å²) in [5, 5.41) is 18.2. The van der Waals surface area contributed by atoms with Gasteiger partial charge in [0.05, 0.1) is 23.7 Å². The normalized spacial score (nSPS) is 18.6. The average molecular weight is 509 g/mol. The molecule has 0 radical (unpaired) electrons. The number of hydrogen-bond donors (Lipinski definition) is 4. The van der Waals surface area contributed by atoms with E-state index in [-0.39, 0.29) is 0 Å². The number of nitrogens with one attached hydrogen (secondary N) is 3. The van der Waals surface area contributed by atoms with E-state index in [1.807, 2.05) is 18.2 Å². The van der Waals surface area contributed by atoms with Gasteiger partial charge in [0.2, 0.25) is 5.95 Å². The summed E-state index contributed by atoms with van der Waals surface area (Å²) in [5.41, 5.74) is 1.87. The van der Waals surface area contributed by atoms with Gasteiger partial charge in [-0.2, -0.15) is 15.2 Å². The quantitative estimate of drug-likeness (QED) is 0.350. The second kappa shape index (κ2) is 10.6. The number of nitrogens with zero attached hydrogens (tertiary/aromatic N) is 4. The van der Waals surface area contributed by atoms with Gasteiger partial charge in [-0.1, -0.05) is 26.2 Å². The molecule has 3 aromatic rings. The second-order valence-corrected chi connectivity index (χ2v) is 13.0. The van der Waals surface area contributed by atoms with Gasteiger partial charge in [0.25, 0.3) is 0 Å². The van der Waals surface area contributed by atoms with Gasteiger partial charge in [-0.05, 0) is 31.5 Å². The fraction of sp³-hybridized carbons (Fsp3) is 0.500. The summed E-state index contributed by atoms with van der Waals surface area (Å²) in [6.45, 7) is 5.03. The van der Waals surface area contributed by atoms with Crippen molar-refractivity contribution in [1.82, 2.24) is 19.9 Å². The van der Waals surface area contributed by atoms with E-state index in [4.69, 9.17) is 9.72 Å². The van der Waals surface area contributed by atoms with Crippen LogP contribution in [0.25, 0.3) is 11.0 Å². The molecule has 3 heterocycles. The van der Waals surface area contributed by atoms with Crippen molar-refractivity contribution in [3.63, 3.8) is 0 Å². The number of fused-ring (bicyclic) bond motifs is 1. The molecular formula is C26H35N7O2P+. The SMILES string of the molecule is CCN1CC[P+](O)(c2ccc(Nc3nc(NC4CCCCC4)c4c(C#N)c[nH]c4n3)c(OC)c2)CC1. The lowest BCUT2D eigenvalue weighted by Crippen LogP contribution is -2.39. The summed E-state index contributed by atoms with van der Waals surface area (Å²) in [6.07, 6.45) is 9.15. The molecular weight excluding hydrogens is 473 g/mol. The fourth-order valence-corrected chi connectivity index (χ4v) is 7.97. The lowest BCUT2D eigenvalue weighted by molar-refractivity contribution is 0.308. The van der Waals surface area contributed by atoms with Crippen molar-refractivity contribution in [2.24, 2.45) is 0 Å². The molecule has 0 spiro atoms. The number of aromatic amines is 1. The second-order valence-electron chi connectivity index (χ2n) is 9.73. The third kappa shape index (κ3) is 4.99. The molecule has 1 aliphatic heterocycles. The zero-order valence-electron chi connectivity index (χ0n) is 21.0. The van der Waals surface area contributed by atoms with Gasteiger partial charge in [-0.25, -0.2) is 4.89 Å². The lowest BCUT2D eigenvalue weighted by Gasteiger charge is -2.31. The Balaban J connectivity index is 1.43. The van der Waals surface area contributed by atoms with Crippen LogP contribution in [0.3, 0.4) is 0 Å². The highest BCUT2D eigenvalue weighted by Gasteiger charge is 2.42. The zero-order valence-corrected chi connectivity index (χ0v) is 21.9. The molecule has 4 N–H and O–H groups in total. The highest BCUT2D eigenvalue weighted by Crippen LogP contribution is 2.55. The molecule has 2 aromatic heterocycles. The van der Waals surface area contributed by atoms with E-state index in [2.05, 4.69) is 38.5 Å². The van der Waals surface area contributed by atoms with Crippen LogP contribution in [0, 0.1) is 11.3 Å². The molecule has 1 saturated heterocycles. The molecule has 0 bridgehead atoms. The van der Waals surface area contributed by atoms with Crippen molar-refractivity contribution >= 4 is 41.3 Å². The van der Waals surface area contributed by atoms with E-state index in [1.165, 1.54) is 19.3 Å². The molecule has 0 unspecified atom stereocenters. The maximum Gasteiger partial charge on any atom is 0.231 e. The summed E-state index contributed by atoms with van der Waals surface area (Å²) in [7, 11) is -0.561. The molecule has 1 aliphatic carbocycles. The van der Waals surface area contributed by atoms with Crippen LogP contribution in [0.15, 0.2) is 24.4 Å². The highest BCUT2D eigenvalue weighted by atomic mass is 31.2. The maximum absolute atomic E-state index is 11.4. The van der Waals surface area contributed by atoms with E-state index in [0.717, 1.165) is 61.2 Å². The standard InChI is InChI=1S/C26H35N7O2P/c1-3-33-11-13-36(34,14-12-33)20-9-10-21(22(15-20)35-2)30-26-31-24-23(18(16-27)17-28-24)25(32-26)29-19-7-5-4-6-8-19/h9-10,15,17,19,34H,3-8,11-14H2,1-2H3,(H3,28,29,30,31,32)/q+1. The van der Waals surface area contributed by atoms with Gasteiger partial charge in [0, 0.05) is 31.4 Å². The minimum absolute atomic E-state index is 0.337. The Hall–Kier alpha value is -2.92. The van der Waals surface area contributed by atoms with Crippen molar-refractivity contribution < 1.29 is 9.63 Å². The van der Waals surface area contributed by atoms with Crippen LogP contribution >= 0.6 is 7.49 Å². The largest absolute Gasteiger partial charge is 0.494 e. The lowest BCUT2D eigenvalue weighted by atomic mass is 9.95. The number of ether oxygens (including phenoxy) is 1. The van der Waals surface area contributed by atoms with Crippen LogP contribution in [0.4, 0.5) is 17.5 Å². The fourth-order valence-electron chi connectivity index (χ4n) is 5.30. The predicted molar refractivity (Wildman–Crippen MR) is 146 cm³/mol. The van der Waals surface area contributed by atoms with Gasteiger partial charge in [0.1, 0.15) is 40.9 Å². The molecule has 10 heteroatoms. The molecule has 2 aliphatic rings. The summed E-state index contributed by atoms with van der Waals surface area (Å²) < 4.78 is 5.71. The number of hydrogen-bond acceptors (Lipinski definition) is 8. The van der Waals surface area contributed by atoms with Crippen LogP contribution in [-0.2, 0) is 0 Å². The van der Waals surface area contributed by atoms with E-state index in [1.54, 1.807) is 13.3 Å². The summed E-state index contributed by atoms with van der Waals surface area (Å²) in [5.74, 6) is 1.74. The van der Waals surface area contributed by atoms with Gasteiger partial charge in [0.15, 0.2) is 7.49 Å². The van der Waals surface area contributed by atoms with Crippen LogP contribution < -0.4 is 20.7 Å². The minimum Gasteiger partial charge on any atom is -0.494 e. The Bertz CT molecular complexity index is 1260. The number of rotatable bonds is 7. The first-order chi connectivity index (χ1) is 17.5. The molecule has 2 fully saturated rings. The van der Waals surface area contributed by atoms with E-state index >= 15 is 0 Å². The Morgan fingerprint density at radius 2 is 2.00 bits per heavy atom. The molecule has 9 nitrogen and oxygen atoms in total. The Morgan fingerprint density at radius 1 is 1.22 bits per heavy atom. The zero-order chi connectivity index (χ0) is 25.1. The minimum atomic E-state index is -2.20. The monoisotopic (exact) mass is 508 g/mol. The Morgan fingerprint density at radius 3 is 2.69 bits per heavy atom. The third-order valence-corrected chi connectivity index (χ3v) is 10.6. The van der Waals surface area contributed by atoms with E-state index in [0.29, 0.717) is 34.8 Å². The van der Waals surface area contributed by atoms with Crippen molar-refractivity contribution in [3.05, 3.63) is 30.0 Å². The van der Waals surface area contributed by atoms with Crippen molar-refractivity contribution in [2.75, 3.05) is 49.7 Å². The van der Waals surface area contributed by atoms with E-state index in [9.17, 15) is 10.2 Å². The maximum atomic E-state index is 11.4. The first-order valence-electron chi connectivity index (χ1n) is 12.9. The third-order valence-electron chi connectivity index (χ3n) is 7.53. The van der Waals surface area contributed by atoms with Crippen LogP contribution in [0.5, 0.6) is 5.75 Å². The smallest absolute Gasteiger partial charge is 0.231 e. The highest BCUT2D eigenvalue weighted by molar-refractivity contribution is 7.77. The first-order valence-corrected chi connectivity index (χ1v) is 15.0. The summed E-state index contributed by atoms with van der Waals surface area (Å²) in [6, 6.07) is 8.48. The summed E-state index contributed by atoms with van der Waals surface area (Å²) >= 11 is 0. The van der Waals surface area contributed by atoms with Gasteiger partial charge in [-0.15, -0.1) is 0 Å². The van der Waals surface area contributed by atoms with Gasteiger partial charge >= 0.3 is 0 Å². The summed E-state index contributed by atoms with van der Waals surface area (Å²) in [4.78, 5) is 26.4. The number of nitriles is 1. The average Bonchev–Trinajstić information content (AvgIpc) is 3.33. The number of methoxy groups -OCH3 is 1. The van der Waals surface area contributed by atoms with Gasteiger partial charge < -0.3 is 20.4 Å². The van der Waals surface area contributed by atoms with Crippen molar-refractivity contribution in [2.45, 2.75) is 45.1 Å². The van der Waals surface area contributed by atoms with Gasteiger partial charge in [-0.3, -0.25) is 4.90 Å². The van der Waals surface area contributed by atoms with Crippen LogP contribution in [0.1, 0.15) is 44.6 Å². The predicted octanol–water partition coefficient (Wildman–Crippen LogP) is 4.21. The number of H-pyrrole nitrogens is 1. The number of benzene rings is 1. The number of aromatic nitrogens is 3. The molecule has 1 aromatic carbocycles. The molecule has 5 rings (SSSR count). The van der Waals surface area contributed by atoms with Crippen LogP contribution in [-0.4, -0.2) is 69.9 Å². The number of anilines is 3. The molecule has 36 heavy (non-hydrogen) atoms. The molecule has 190 valence electrons. The van der Waals surface area contributed by atoms with Crippen molar-refractivity contribution in [3.8, 4) is 11.8 Å². The first kappa shape index (κ1) is 24.8. The molecule has 1 saturated carbocycles. The topological polar surface area (TPSA) is 122 Å². The molecule has 0 amide bonds.